The van der Waals surface area contributed by atoms with E-state index in [1.54, 1.807) is 0 Å². The molecule has 0 radical (unpaired) electrons. The molecule has 4 nitrogen and oxygen atoms in total. The van der Waals surface area contributed by atoms with Crippen molar-refractivity contribution in [3.8, 4) is 0 Å². The molecule has 16 heavy (non-hydrogen) atoms. The second kappa shape index (κ2) is 3.92. The van der Waals surface area contributed by atoms with E-state index in [0.717, 1.165) is 0 Å². The van der Waals surface area contributed by atoms with Crippen molar-refractivity contribution in [2.75, 3.05) is 6.54 Å². The molecule has 0 saturated carbocycles. The van der Waals surface area contributed by atoms with Crippen LogP contribution in [0.4, 0.5) is 4.39 Å². The van der Waals surface area contributed by atoms with Crippen LogP contribution in [0, 0.1) is 11.7 Å². The first-order valence-electron chi connectivity index (χ1n) is 4.85. The van der Waals surface area contributed by atoms with E-state index < -0.39 is 23.7 Å². The van der Waals surface area contributed by atoms with E-state index in [2.05, 4.69) is 5.32 Å². The van der Waals surface area contributed by atoms with Crippen molar-refractivity contribution in [1.82, 2.24) is 5.32 Å². The van der Waals surface area contributed by atoms with E-state index in [4.69, 9.17) is 5.11 Å². The number of hydrogen-bond acceptors (Lipinski definition) is 2. The lowest BCUT2D eigenvalue weighted by molar-refractivity contribution is -0.145. The fourth-order valence-corrected chi connectivity index (χ4v) is 1.93. The normalized spacial score (nSPS) is 24.2. The largest absolute Gasteiger partial charge is 0.481 e. The van der Waals surface area contributed by atoms with Gasteiger partial charge in [-0.2, -0.15) is 0 Å². The zero-order valence-corrected chi connectivity index (χ0v) is 8.31. The zero-order chi connectivity index (χ0) is 11.7. The van der Waals surface area contributed by atoms with Crippen molar-refractivity contribution in [2.24, 2.45) is 5.92 Å². The van der Waals surface area contributed by atoms with Gasteiger partial charge in [-0.05, 0) is 17.7 Å². The maximum absolute atomic E-state index is 12.7. The molecule has 2 N–H and O–H groups in total. The number of carboxylic acids is 1. The predicted molar refractivity (Wildman–Crippen MR) is 53.3 cm³/mol. The van der Waals surface area contributed by atoms with E-state index in [1.165, 1.54) is 24.3 Å². The van der Waals surface area contributed by atoms with Crippen LogP contribution in [0.3, 0.4) is 0 Å². The number of rotatable bonds is 2. The van der Waals surface area contributed by atoms with Gasteiger partial charge in [0.05, 0.1) is 0 Å². The van der Waals surface area contributed by atoms with Crippen molar-refractivity contribution in [2.45, 2.75) is 5.92 Å². The van der Waals surface area contributed by atoms with Crippen LogP contribution in [-0.4, -0.2) is 23.5 Å². The van der Waals surface area contributed by atoms with Gasteiger partial charge in [0.25, 0.3) is 0 Å². The van der Waals surface area contributed by atoms with E-state index in [-0.39, 0.29) is 12.4 Å². The Morgan fingerprint density at radius 1 is 1.38 bits per heavy atom. The van der Waals surface area contributed by atoms with Crippen LogP contribution >= 0.6 is 0 Å². The molecule has 1 heterocycles. The molecular formula is C11H10FNO3. The van der Waals surface area contributed by atoms with Gasteiger partial charge in [0.1, 0.15) is 11.7 Å². The third-order valence-corrected chi connectivity index (χ3v) is 2.75. The van der Waals surface area contributed by atoms with E-state index in [1.807, 2.05) is 0 Å². The summed E-state index contributed by atoms with van der Waals surface area (Å²) in [6.07, 6.45) is 0. The Morgan fingerprint density at radius 2 is 2.00 bits per heavy atom. The minimum Gasteiger partial charge on any atom is -0.481 e. The summed E-state index contributed by atoms with van der Waals surface area (Å²) in [5.41, 5.74) is 0.659. The molecule has 1 aliphatic rings. The Hall–Kier alpha value is -1.91. The molecule has 0 aromatic heterocycles. The highest BCUT2D eigenvalue weighted by Crippen LogP contribution is 2.29. The van der Waals surface area contributed by atoms with Crippen LogP contribution in [0.5, 0.6) is 0 Å². The number of benzene rings is 1. The molecule has 84 valence electrons. The van der Waals surface area contributed by atoms with Crippen LogP contribution in [0.2, 0.25) is 0 Å². The van der Waals surface area contributed by atoms with Gasteiger partial charge in [0, 0.05) is 12.5 Å². The summed E-state index contributed by atoms with van der Waals surface area (Å²) in [6, 6.07) is 5.54. The molecule has 0 aliphatic carbocycles. The molecule has 1 aromatic rings. The van der Waals surface area contributed by atoms with Crippen molar-refractivity contribution >= 4 is 11.9 Å². The lowest BCUT2D eigenvalue weighted by Crippen LogP contribution is -2.26. The zero-order valence-electron chi connectivity index (χ0n) is 8.31. The Bertz CT molecular complexity index is 429. The Labute approximate surface area is 91.1 Å². The lowest BCUT2D eigenvalue weighted by Gasteiger charge is -2.12. The van der Waals surface area contributed by atoms with Crippen molar-refractivity contribution in [3.05, 3.63) is 35.6 Å². The number of carbonyl (C=O) groups is 2. The van der Waals surface area contributed by atoms with Gasteiger partial charge < -0.3 is 10.4 Å². The third-order valence-electron chi connectivity index (χ3n) is 2.75. The molecule has 2 rings (SSSR count). The van der Waals surface area contributed by atoms with E-state index in [0.29, 0.717) is 5.56 Å². The first kappa shape index (κ1) is 10.6. The second-order valence-corrected chi connectivity index (χ2v) is 3.72. The number of aliphatic carboxylic acids is 1. The molecule has 2 atom stereocenters. The predicted octanol–water partition coefficient (Wildman–Crippen LogP) is 0.740. The van der Waals surface area contributed by atoms with Crippen molar-refractivity contribution < 1.29 is 19.1 Å². The molecule has 1 fully saturated rings. The summed E-state index contributed by atoms with van der Waals surface area (Å²) < 4.78 is 12.7. The highest BCUT2D eigenvalue weighted by molar-refractivity contribution is 5.99. The van der Waals surface area contributed by atoms with Crippen LogP contribution < -0.4 is 5.32 Å². The van der Waals surface area contributed by atoms with Crippen LogP contribution in [0.1, 0.15) is 11.5 Å². The number of amides is 1. The molecule has 1 amide bonds. The van der Waals surface area contributed by atoms with Gasteiger partial charge in [-0.3, -0.25) is 9.59 Å². The first-order chi connectivity index (χ1) is 7.59. The molecular weight excluding hydrogens is 213 g/mol. The number of hydrogen-bond donors (Lipinski definition) is 2. The Balaban J connectivity index is 2.30. The Morgan fingerprint density at radius 3 is 2.56 bits per heavy atom. The average Bonchev–Trinajstić information content (AvgIpc) is 2.61. The topological polar surface area (TPSA) is 66.4 Å². The van der Waals surface area contributed by atoms with Gasteiger partial charge in [-0.25, -0.2) is 4.39 Å². The van der Waals surface area contributed by atoms with Crippen molar-refractivity contribution in [1.29, 1.82) is 0 Å². The summed E-state index contributed by atoms with van der Waals surface area (Å²) >= 11 is 0. The van der Waals surface area contributed by atoms with Gasteiger partial charge in [0.2, 0.25) is 5.91 Å². The van der Waals surface area contributed by atoms with Gasteiger partial charge in [-0.15, -0.1) is 0 Å². The lowest BCUT2D eigenvalue weighted by atomic mass is 9.89. The number of carbonyl (C=O) groups excluding carboxylic acids is 1. The standard InChI is InChI=1S/C11H10FNO3/c12-7-3-1-6(2-4-7)8-5-13-10(14)9(8)11(15)16/h1-4,8-9H,5H2,(H,13,14)(H,15,16)/t8-,9+/m1/s1. The molecule has 0 bridgehead atoms. The first-order valence-corrected chi connectivity index (χ1v) is 4.85. The van der Waals surface area contributed by atoms with Gasteiger partial charge in [0.15, 0.2) is 0 Å². The van der Waals surface area contributed by atoms with Gasteiger partial charge in [-0.1, -0.05) is 12.1 Å². The molecule has 1 aliphatic heterocycles. The second-order valence-electron chi connectivity index (χ2n) is 3.72. The maximum Gasteiger partial charge on any atom is 0.316 e. The molecule has 1 aromatic carbocycles. The van der Waals surface area contributed by atoms with Crippen molar-refractivity contribution in [3.63, 3.8) is 0 Å². The minimum absolute atomic E-state index is 0.279. The summed E-state index contributed by atoms with van der Waals surface area (Å²) in [5, 5.41) is 11.4. The quantitative estimate of drug-likeness (QED) is 0.727. The average molecular weight is 223 g/mol. The fraction of sp³-hybridized carbons (Fsp3) is 0.273. The van der Waals surface area contributed by atoms with E-state index in [9.17, 15) is 14.0 Å². The summed E-state index contributed by atoms with van der Waals surface area (Å²) in [4.78, 5) is 22.2. The maximum atomic E-state index is 12.7. The van der Waals surface area contributed by atoms with Crippen LogP contribution in [0.25, 0.3) is 0 Å². The summed E-state index contributed by atoms with van der Waals surface area (Å²) in [6.45, 7) is 0.279. The fourth-order valence-electron chi connectivity index (χ4n) is 1.93. The molecule has 5 heteroatoms. The smallest absolute Gasteiger partial charge is 0.316 e. The highest BCUT2D eigenvalue weighted by atomic mass is 19.1. The van der Waals surface area contributed by atoms with Crippen LogP contribution in [0.15, 0.2) is 24.3 Å². The summed E-state index contributed by atoms with van der Waals surface area (Å²) in [7, 11) is 0. The van der Waals surface area contributed by atoms with Gasteiger partial charge >= 0.3 is 5.97 Å². The third kappa shape index (κ3) is 1.76. The highest BCUT2D eigenvalue weighted by Gasteiger charge is 2.40. The monoisotopic (exact) mass is 223 g/mol. The molecule has 1 saturated heterocycles. The van der Waals surface area contributed by atoms with E-state index >= 15 is 0 Å². The number of nitrogens with one attached hydrogen (secondary N) is 1. The minimum atomic E-state index is -1.15. The summed E-state index contributed by atoms with van der Waals surface area (Å²) in [5.74, 6) is -3.52. The number of halogens is 1. The molecule has 0 spiro atoms. The molecule has 0 unspecified atom stereocenters. The van der Waals surface area contributed by atoms with Crippen LogP contribution in [-0.2, 0) is 9.59 Å². The Kier molecular flexibility index (Phi) is 2.60. The SMILES string of the molecule is O=C(O)[C@@H]1C(=O)NC[C@@H]1c1ccc(F)cc1. The number of carboxylic acid groups (broad SMARTS) is 1.